The van der Waals surface area contributed by atoms with Crippen LogP contribution in [0.15, 0.2) is 5.38 Å². The van der Waals surface area contributed by atoms with E-state index in [2.05, 4.69) is 10.1 Å². The first-order valence-electron chi connectivity index (χ1n) is 5.53. The first-order chi connectivity index (χ1) is 8.45. The fourth-order valence-electron chi connectivity index (χ4n) is 1.26. The molecule has 0 saturated heterocycles. The van der Waals surface area contributed by atoms with E-state index < -0.39 is 5.97 Å². The zero-order valence-electron chi connectivity index (χ0n) is 10.9. The van der Waals surface area contributed by atoms with Crippen LogP contribution in [0.1, 0.15) is 29.1 Å². The van der Waals surface area contributed by atoms with E-state index in [1.54, 1.807) is 11.8 Å². The number of hydrogen-bond acceptors (Lipinski definition) is 5. The number of ether oxygens (including phenoxy) is 1. The van der Waals surface area contributed by atoms with Crippen LogP contribution in [0.5, 0.6) is 0 Å². The Labute approximate surface area is 115 Å². The van der Waals surface area contributed by atoms with E-state index in [4.69, 9.17) is 0 Å². The summed E-state index contributed by atoms with van der Waals surface area (Å²) in [4.78, 5) is 23.7. The lowest BCUT2D eigenvalue weighted by atomic mass is 10.2. The maximum absolute atomic E-state index is 11.8. The normalized spacial score (nSPS) is 10.5. The van der Waals surface area contributed by atoms with Gasteiger partial charge in [0.05, 0.1) is 18.6 Å². The third kappa shape index (κ3) is 4.03. The lowest BCUT2D eigenvalue weighted by Gasteiger charge is -2.08. The van der Waals surface area contributed by atoms with E-state index in [0.29, 0.717) is 21.6 Å². The number of methoxy groups -OCH3 is 1. The molecule has 0 saturated carbocycles. The number of esters is 1. The third-order valence-electron chi connectivity index (χ3n) is 2.16. The van der Waals surface area contributed by atoms with Crippen LogP contribution >= 0.6 is 23.1 Å². The Morgan fingerprint density at radius 1 is 1.50 bits per heavy atom. The average Bonchev–Trinajstić information content (AvgIpc) is 2.68. The van der Waals surface area contributed by atoms with E-state index in [1.165, 1.54) is 18.4 Å². The number of amides is 1. The van der Waals surface area contributed by atoms with Crippen molar-refractivity contribution >= 4 is 40.7 Å². The molecule has 0 aromatic carbocycles. The van der Waals surface area contributed by atoms with Gasteiger partial charge in [-0.25, -0.2) is 4.79 Å². The number of carbonyl (C=O) groups is 2. The fourth-order valence-corrected chi connectivity index (χ4v) is 2.74. The monoisotopic (exact) mass is 287 g/mol. The Morgan fingerprint density at radius 2 is 2.17 bits per heavy atom. The predicted octanol–water partition coefficient (Wildman–Crippen LogP) is 2.92. The van der Waals surface area contributed by atoms with Gasteiger partial charge in [0.15, 0.2) is 0 Å². The lowest BCUT2D eigenvalue weighted by molar-refractivity contribution is -0.113. The standard InChI is InChI=1S/C12H17NO3S2/c1-7(2)17-6-9(14)13-10-8(3)5-18-11(10)12(15)16-4/h5,7H,6H2,1-4H3,(H,13,14). The van der Waals surface area contributed by atoms with Crippen LogP contribution in [0.25, 0.3) is 0 Å². The van der Waals surface area contributed by atoms with Crippen molar-refractivity contribution in [1.82, 2.24) is 0 Å². The van der Waals surface area contributed by atoms with Gasteiger partial charge in [0.25, 0.3) is 0 Å². The van der Waals surface area contributed by atoms with E-state index in [1.807, 2.05) is 26.2 Å². The number of thioether (sulfide) groups is 1. The highest BCUT2D eigenvalue weighted by atomic mass is 32.2. The molecule has 0 atom stereocenters. The van der Waals surface area contributed by atoms with Crippen LogP contribution in [0, 0.1) is 6.92 Å². The zero-order valence-corrected chi connectivity index (χ0v) is 12.5. The number of nitrogens with one attached hydrogen (secondary N) is 1. The molecule has 0 radical (unpaired) electrons. The van der Waals surface area contributed by atoms with Crippen LogP contribution in [0.4, 0.5) is 5.69 Å². The van der Waals surface area contributed by atoms with E-state index in [-0.39, 0.29) is 5.91 Å². The quantitative estimate of drug-likeness (QED) is 0.846. The van der Waals surface area contributed by atoms with E-state index >= 15 is 0 Å². The Morgan fingerprint density at radius 3 is 2.72 bits per heavy atom. The molecule has 1 amide bonds. The highest BCUT2D eigenvalue weighted by Gasteiger charge is 2.18. The van der Waals surface area contributed by atoms with Crippen LogP contribution in [-0.2, 0) is 9.53 Å². The second-order valence-corrected chi connectivity index (χ2v) is 6.47. The summed E-state index contributed by atoms with van der Waals surface area (Å²) in [5.74, 6) is -0.131. The van der Waals surface area contributed by atoms with Crippen molar-refractivity contribution in [3.63, 3.8) is 0 Å². The average molecular weight is 287 g/mol. The van der Waals surface area contributed by atoms with Gasteiger partial charge in [-0.15, -0.1) is 23.1 Å². The molecule has 1 heterocycles. The third-order valence-corrected chi connectivity index (χ3v) is 4.33. The van der Waals surface area contributed by atoms with Gasteiger partial charge in [-0.05, 0) is 23.1 Å². The van der Waals surface area contributed by atoms with Gasteiger partial charge in [0, 0.05) is 0 Å². The molecule has 1 N–H and O–H groups in total. The zero-order chi connectivity index (χ0) is 13.7. The molecule has 0 bridgehead atoms. The van der Waals surface area contributed by atoms with E-state index in [9.17, 15) is 9.59 Å². The first kappa shape index (κ1) is 15.0. The first-order valence-corrected chi connectivity index (χ1v) is 7.46. The Balaban J connectivity index is 2.74. The molecule has 0 aliphatic rings. The molecule has 100 valence electrons. The van der Waals surface area contributed by atoms with Crippen molar-refractivity contribution < 1.29 is 14.3 Å². The molecule has 0 spiro atoms. The number of thiophene rings is 1. The lowest BCUT2D eigenvalue weighted by Crippen LogP contribution is -2.17. The molecule has 0 unspecified atom stereocenters. The van der Waals surface area contributed by atoms with Crippen LogP contribution in [0.2, 0.25) is 0 Å². The summed E-state index contributed by atoms with van der Waals surface area (Å²) >= 11 is 2.84. The number of hydrogen-bond donors (Lipinski definition) is 1. The van der Waals surface area contributed by atoms with Crippen molar-refractivity contribution in [3.05, 3.63) is 15.8 Å². The smallest absolute Gasteiger partial charge is 0.350 e. The number of rotatable bonds is 5. The van der Waals surface area contributed by atoms with Gasteiger partial charge in [-0.3, -0.25) is 4.79 Å². The second-order valence-electron chi connectivity index (χ2n) is 4.02. The summed E-state index contributed by atoms with van der Waals surface area (Å²) in [6, 6.07) is 0. The van der Waals surface area contributed by atoms with Gasteiger partial charge in [-0.2, -0.15) is 0 Å². The molecule has 0 aliphatic carbocycles. The topological polar surface area (TPSA) is 55.4 Å². The summed E-state index contributed by atoms with van der Waals surface area (Å²) in [7, 11) is 1.33. The van der Waals surface area contributed by atoms with Crippen molar-refractivity contribution in [2.75, 3.05) is 18.2 Å². The molecule has 1 aromatic heterocycles. The molecular weight excluding hydrogens is 270 g/mol. The van der Waals surface area contributed by atoms with E-state index in [0.717, 1.165) is 5.56 Å². The van der Waals surface area contributed by atoms with Crippen molar-refractivity contribution in [2.45, 2.75) is 26.0 Å². The highest BCUT2D eigenvalue weighted by molar-refractivity contribution is 8.00. The number of aryl methyl sites for hydroxylation is 1. The van der Waals surface area contributed by atoms with Crippen LogP contribution < -0.4 is 5.32 Å². The largest absolute Gasteiger partial charge is 0.465 e. The van der Waals surface area contributed by atoms with Gasteiger partial charge >= 0.3 is 5.97 Å². The van der Waals surface area contributed by atoms with Crippen LogP contribution in [-0.4, -0.2) is 30.0 Å². The van der Waals surface area contributed by atoms with Crippen molar-refractivity contribution in [1.29, 1.82) is 0 Å². The second kappa shape index (κ2) is 6.80. The van der Waals surface area contributed by atoms with Gasteiger partial charge in [0.1, 0.15) is 4.88 Å². The maximum Gasteiger partial charge on any atom is 0.350 e. The summed E-state index contributed by atoms with van der Waals surface area (Å²) in [5, 5.41) is 5.01. The molecule has 0 fully saturated rings. The summed E-state index contributed by atoms with van der Waals surface area (Å²) < 4.78 is 4.69. The molecule has 1 aromatic rings. The minimum atomic E-state index is -0.417. The minimum Gasteiger partial charge on any atom is -0.465 e. The van der Waals surface area contributed by atoms with Gasteiger partial charge in [0.2, 0.25) is 5.91 Å². The Hall–Kier alpha value is -1.01. The summed E-state index contributed by atoms with van der Waals surface area (Å²) in [6.45, 7) is 5.93. The van der Waals surface area contributed by atoms with Gasteiger partial charge in [-0.1, -0.05) is 13.8 Å². The molecule has 1 rings (SSSR count). The Bertz CT molecular complexity index is 441. The highest BCUT2D eigenvalue weighted by Crippen LogP contribution is 2.28. The number of anilines is 1. The number of carbonyl (C=O) groups excluding carboxylic acids is 2. The molecule has 4 nitrogen and oxygen atoms in total. The molecular formula is C12H17NO3S2. The minimum absolute atomic E-state index is 0.0969. The maximum atomic E-state index is 11.8. The summed E-state index contributed by atoms with van der Waals surface area (Å²) in [6.07, 6.45) is 0. The SMILES string of the molecule is COC(=O)c1scc(C)c1NC(=O)CSC(C)C. The van der Waals surface area contributed by atoms with Crippen molar-refractivity contribution in [3.8, 4) is 0 Å². The van der Waals surface area contributed by atoms with Gasteiger partial charge < -0.3 is 10.1 Å². The van der Waals surface area contributed by atoms with Crippen molar-refractivity contribution in [2.24, 2.45) is 0 Å². The molecule has 6 heteroatoms. The Kier molecular flexibility index (Phi) is 5.68. The fraction of sp³-hybridized carbons (Fsp3) is 0.500. The molecule has 0 aliphatic heterocycles. The summed E-state index contributed by atoms with van der Waals surface area (Å²) in [5.41, 5.74) is 1.45. The molecule has 18 heavy (non-hydrogen) atoms. The van der Waals surface area contributed by atoms with Crippen LogP contribution in [0.3, 0.4) is 0 Å². The predicted molar refractivity (Wildman–Crippen MR) is 76.6 cm³/mol.